The number of aromatic amines is 1. The topological polar surface area (TPSA) is 151 Å². The Morgan fingerprint density at radius 3 is 2.43 bits per heavy atom. The van der Waals surface area contributed by atoms with E-state index in [0.717, 1.165) is 0 Å². The van der Waals surface area contributed by atoms with Crippen molar-refractivity contribution in [3.8, 4) is 34.8 Å². The molecule has 3 N–H and O–H groups in total. The molecule has 2 aromatic rings. The van der Waals surface area contributed by atoms with Crippen LogP contribution in [0.3, 0.4) is 0 Å². The molecule has 0 amide bonds. The van der Waals surface area contributed by atoms with Crippen LogP contribution >= 0.6 is 15.9 Å². The fourth-order valence-electron chi connectivity index (χ4n) is 2.42. The molecule has 0 saturated carbocycles. The van der Waals surface area contributed by atoms with Crippen molar-refractivity contribution < 1.29 is 19.0 Å². The van der Waals surface area contributed by atoms with Gasteiger partial charge in [-0.05, 0) is 19.1 Å². The lowest BCUT2D eigenvalue weighted by Gasteiger charge is -2.16. The molecule has 144 valence electrons. The summed E-state index contributed by atoms with van der Waals surface area (Å²) in [5.74, 6) is -0.255. The van der Waals surface area contributed by atoms with Crippen LogP contribution in [0.25, 0.3) is 11.1 Å². The first-order chi connectivity index (χ1) is 13.4. The first-order valence-corrected chi connectivity index (χ1v) is 8.69. The number of benzene rings is 1. The van der Waals surface area contributed by atoms with Crippen LogP contribution in [-0.2, 0) is 9.53 Å². The summed E-state index contributed by atoms with van der Waals surface area (Å²) in [6.07, 6.45) is 0. The molecule has 0 aliphatic carbocycles. The van der Waals surface area contributed by atoms with Gasteiger partial charge in [-0.15, -0.1) is 0 Å². The van der Waals surface area contributed by atoms with Crippen molar-refractivity contribution in [2.75, 3.05) is 26.1 Å². The molecule has 1 aromatic heterocycles. The summed E-state index contributed by atoms with van der Waals surface area (Å²) in [6.45, 7) is 1.69. The van der Waals surface area contributed by atoms with Crippen molar-refractivity contribution in [2.45, 2.75) is 6.92 Å². The summed E-state index contributed by atoms with van der Waals surface area (Å²) >= 11 is 3.35. The number of esters is 1. The minimum absolute atomic E-state index is 0.0532. The van der Waals surface area contributed by atoms with Crippen LogP contribution in [0, 0.1) is 22.7 Å². The molecule has 0 aliphatic rings. The maximum Gasteiger partial charge on any atom is 0.343 e. The summed E-state index contributed by atoms with van der Waals surface area (Å²) < 4.78 is 15.9. The van der Waals surface area contributed by atoms with E-state index < -0.39 is 11.5 Å². The highest BCUT2D eigenvalue weighted by Gasteiger charge is 2.22. The predicted octanol–water partition coefficient (Wildman–Crippen LogP) is 2.08. The fraction of sp³-hybridized carbons (Fsp3) is 0.222. The number of methoxy groups -OCH3 is 1. The number of rotatable bonds is 6. The Balaban J connectivity index is 2.73. The third-order valence-corrected chi connectivity index (χ3v) is 4.30. The smallest absolute Gasteiger partial charge is 0.343 e. The molecule has 0 atom stereocenters. The summed E-state index contributed by atoms with van der Waals surface area (Å²) in [5, 5.41) is 18.9. The largest absolute Gasteiger partial charge is 0.490 e. The number of carbonyl (C=O) groups excluding carboxylic acids is 1. The van der Waals surface area contributed by atoms with E-state index in [2.05, 4.69) is 25.7 Å². The fourth-order valence-corrected chi connectivity index (χ4v) is 2.94. The van der Waals surface area contributed by atoms with Gasteiger partial charge in [0.1, 0.15) is 29.1 Å². The number of carbonyl (C=O) groups is 1. The molecule has 0 radical (unpaired) electrons. The van der Waals surface area contributed by atoms with Gasteiger partial charge in [0.05, 0.1) is 13.7 Å². The zero-order chi connectivity index (χ0) is 20.8. The highest BCUT2D eigenvalue weighted by Crippen LogP contribution is 2.41. The standard InChI is InChI=1S/C18H15BrN4O5/c1-3-27-13-4-9(12(19)5-14(13)28-8-15(24)26-2)16-10(6-20)17(22)23-18(25)11(16)7-21/h4-5H,3,8H2,1-2H3,(H3,22,23,25). The number of nitriles is 2. The molecule has 0 saturated heterocycles. The Labute approximate surface area is 168 Å². The van der Waals surface area contributed by atoms with Gasteiger partial charge in [-0.2, -0.15) is 10.5 Å². The van der Waals surface area contributed by atoms with Gasteiger partial charge in [-0.1, -0.05) is 15.9 Å². The maximum absolute atomic E-state index is 12.1. The second kappa shape index (κ2) is 8.93. The lowest BCUT2D eigenvalue weighted by atomic mass is 9.96. The zero-order valence-corrected chi connectivity index (χ0v) is 16.5. The van der Waals surface area contributed by atoms with Crippen LogP contribution in [0.4, 0.5) is 5.82 Å². The van der Waals surface area contributed by atoms with Gasteiger partial charge >= 0.3 is 5.97 Å². The molecule has 0 aliphatic heterocycles. The average Bonchev–Trinajstić information content (AvgIpc) is 2.67. The number of pyridine rings is 1. The Kier molecular flexibility index (Phi) is 6.64. The Morgan fingerprint density at radius 1 is 1.21 bits per heavy atom. The highest BCUT2D eigenvalue weighted by molar-refractivity contribution is 9.10. The Morgan fingerprint density at radius 2 is 1.86 bits per heavy atom. The van der Waals surface area contributed by atoms with Crippen molar-refractivity contribution in [1.82, 2.24) is 4.98 Å². The van der Waals surface area contributed by atoms with E-state index in [-0.39, 0.29) is 47.2 Å². The van der Waals surface area contributed by atoms with Crippen molar-refractivity contribution in [3.63, 3.8) is 0 Å². The number of halogens is 1. The maximum atomic E-state index is 12.1. The van der Waals surface area contributed by atoms with Crippen LogP contribution in [0.2, 0.25) is 0 Å². The van der Waals surface area contributed by atoms with Gasteiger partial charge in [0, 0.05) is 15.6 Å². The lowest BCUT2D eigenvalue weighted by molar-refractivity contribution is -0.142. The number of nitrogens with one attached hydrogen (secondary N) is 1. The number of nitrogens with two attached hydrogens (primary N) is 1. The average molecular weight is 447 g/mol. The van der Waals surface area contributed by atoms with Crippen molar-refractivity contribution in [1.29, 1.82) is 10.5 Å². The van der Waals surface area contributed by atoms with E-state index >= 15 is 0 Å². The van der Waals surface area contributed by atoms with Gasteiger partial charge in [-0.3, -0.25) is 4.79 Å². The molecule has 10 heteroatoms. The molecule has 0 spiro atoms. The van der Waals surface area contributed by atoms with Crippen LogP contribution in [0.5, 0.6) is 11.5 Å². The van der Waals surface area contributed by atoms with Crippen LogP contribution in [0.15, 0.2) is 21.4 Å². The SMILES string of the molecule is CCOc1cc(-c2c(C#N)c(N)[nH]c(=O)c2C#N)c(Br)cc1OCC(=O)OC. The third-order valence-electron chi connectivity index (χ3n) is 3.64. The van der Waals surface area contributed by atoms with Gasteiger partial charge < -0.3 is 24.9 Å². The molecular formula is C18H15BrN4O5. The summed E-state index contributed by atoms with van der Waals surface area (Å²) in [7, 11) is 1.23. The predicted molar refractivity (Wildman–Crippen MR) is 103 cm³/mol. The number of H-pyrrole nitrogens is 1. The lowest BCUT2D eigenvalue weighted by Crippen LogP contribution is -2.16. The minimum atomic E-state index is -0.718. The van der Waals surface area contributed by atoms with Gasteiger partial charge in [0.15, 0.2) is 18.1 Å². The van der Waals surface area contributed by atoms with E-state index in [1.165, 1.54) is 19.2 Å². The molecule has 0 fully saturated rings. The molecule has 1 aromatic carbocycles. The van der Waals surface area contributed by atoms with Gasteiger partial charge in [0.25, 0.3) is 5.56 Å². The first kappa shape index (κ1) is 20.8. The second-order valence-electron chi connectivity index (χ2n) is 5.29. The molecule has 28 heavy (non-hydrogen) atoms. The number of anilines is 1. The summed E-state index contributed by atoms with van der Waals surface area (Å²) in [4.78, 5) is 25.8. The van der Waals surface area contributed by atoms with E-state index in [0.29, 0.717) is 10.0 Å². The minimum Gasteiger partial charge on any atom is -0.490 e. The molecular weight excluding hydrogens is 432 g/mol. The molecule has 1 heterocycles. The highest BCUT2D eigenvalue weighted by atomic mass is 79.9. The van der Waals surface area contributed by atoms with Crippen molar-refractivity contribution >= 4 is 27.7 Å². The summed E-state index contributed by atoms with van der Waals surface area (Å²) in [6, 6.07) is 6.70. The van der Waals surface area contributed by atoms with Crippen molar-refractivity contribution in [2.24, 2.45) is 0 Å². The molecule has 0 bridgehead atoms. The van der Waals surface area contributed by atoms with E-state index in [1.54, 1.807) is 13.0 Å². The second-order valence-corrected chi connectivity index (χ2v) is 6.15. The zero-order valence-electron chi connectivity index (χ0n) is 15.0. The third kappa shape index (κ3) is 4.08. The molecule has 0 unspecified atom stereocenters. The summed E-state index contributed by atoms with van der Waals surface area (Å²) in [5.41, 5.74) is 5.12. The Hall–Kier alpha value is -3.50. The number of nitrogen functional groups attached to an aromatic ring is 1. The van der Waals surface area contributed by atoms with E-state index in [4.69, 9.17) is 15.2 Å². The Bertz CT molecular complexity index is 1070. The normalized spacial score (nSPS) is 9.89. The van der Waals surface area contributed by atoms with Crippen LogP contribution in [0.1, 0.15) is 18.1 Å². The van der Waals surface area contributed by atoms with Gasteiger partial charge in [0.2, 0.25) is 0 Å². The van der Waals surface area contributed by atoms with Gasteiger partial charge in [-0.25, -0.2) is 4.79 Å². The number of hydrogen-bond donors (Lipinski definition) is 2. The number of nitrogens with zero attached hydrogens (tertiary/aromatic N) is 2. The number of hydrogen-bond acceptors (Lipinski definition) is 8. The first-order valence-electron chi connectivity index (χ1n) is 7.90. The molecule has 2 rings (SSSR count). The van der Waals surface area contributed by atoms with Crippen LogP contribution < -0.4 is 20.8 Å². The monoisotopic (exact) mass is 446 g/mol. The number of aromatic nitrogens is 1. The van der Waals surface area contributed by atoms with E-state index in [1.807, 2.05) is 6.07 Å². The van der Waals surface area contributed by atoms with E-state index in [9.17, 15) is 20.1 Å². The molecule has 9 nitrogen and oxygen atoms in total. The number of ether oxygens (including phenoxy) is 3. The van der Waals surface area contributed by atoms with Crippen LogP contribution in [-0.4, -0.2) is 31.3 Å². The quantitative estimate of drug-likeness (QED) is 0.639. The van der Waals surface area contributed by atoms with Crippen molar-refractivity contribution in [3.05, 3.63) is 38.1 Å².